The molecule has 4 aromatic rings. The number of nitrogens with one attached hydrogen (secondary N) is 2. The van der Waals surface area contributed by atoms with Crippen LogP contribution in [0.3, 0.4) is 0 Å². The van der Waals surface area contributed by atoms with Crippen molar-refractivity contribution in [1.29, 1.82) is 0 Å². The Balaban J connectivity index is 1.41. The summed E-state index contributed by atoms with van der Waals surface area (Å²) in [5.74, 6) is -0.123. The van der Waals surface area contributed by atoms with Crippen molar-refractivity contribution < 1.29 is 14.0 Å². The molecule has 0 bridgehead atoms. The fraction of sp³-hybridized carbons (Fsp3) is 0.292. The molecule has 0 aliphatic carbocycles. The van der Waals surface area contributed by atoms with Gasteiger partial charge in [0.2, 0.25) is 5.91 Å². The Morgan fingerprint density at radius 3 is 2.71 bits per heavy atom. The van der Waals surface area contributed by atoms with E-state index in [2.05, 4.69) is 20.5 Å². The summed E-state index contributed by atoms with van der Waals surface area (Å²) in [6.07, 6.45) is 8.25. The first-order valence-electron chi connectivity index (χ1n) is 11.0. The van der Waals surface area contributed by atoms with E-state index in [1.54, 1.807) is 35.5 Å². The largest absolute Gasteiger partial charge is 0.459 e. The topological polar surface area (TPSA) is 122 Å². The first-order chi connectivity index (χ1) is 16.3. The normalized spacial score (nSPS) is 14.1. The molecule has 10 nitrogen and oxygen atoms in total. The second-order valence-corrected chi connectivity index (χ2v) is 9.30. The van der Waals surface area contributed by atoms with Gasteiger partial charge < -0.3 is 14.6 Å². The van der Waals surface area contributed by atoms with E-state index in [0.717, 1.165) is 5.56 Å². The Morgan fingerprint density at radius 2 is 2.03 bits per heavy atom. The number of anilines is 1. The molecule has 5 rings (SSSR count). The smallest absolute Gasteiger partial charge is 0.292 e. The molecule has 2 N–H and O–H groups in total. The number of furan rings is 1. The number of aromatic nitrogens is 5. The first kappa shape index (κ1) is 21.6. The zero-order chi connectivity index (χ0) is 23.9. The molecule has 1 aliphatic rings. The van der Waals surface area contributed by atoms with Crippen LogP contribution < -0.4 is 5.32 Å². The third kappa shape index (κ3) is 3.98. The highest BCUT2D eigenvalue weighted by Gasteiger charge is 2.38. The Morgan fingerprint density at radius 1 is 1.21 bits per heavy atom. The summed E-state index contributed by atoms with van der Waals surface area (Å²) in [7, 11) is 0. The van der Waals surface area contributed by atoms with Crippen LogP contribution in [0.15, 0.2) is 59.7 Å². The molecule has 1 saturated heterocycles. The van der Waals surface area contributed by atoms with Gasteiger partial charge in [-0.25, -0.2) is 0 Å². The molecule has 0 radical (unpaired) electrons. The Kier molecular flexibility index (Phi) is 5.27. The lowest BCUT2D eigenvalue weighted by Crippen LogP contribution is -2.54. The lowest BCUT2D eigenvalue weighted by Gasteiger charge is -2.42. The fourth-order valence-electron chi connectivity index (χ4n) is 3.91. The van der Waals surface area contributed by atoms with Crippen LogP contribution in [0.4, 0.5) is 5.69 Å². The summed E-state index contributed by atoms with van der Waals surface area (Å²) in [5, 5.41) is 14.3. The van der Waals surface area contributed by atoms with Crippen molar-refractivity contribution in [3.05, 3.63) is 61.1 Å². The molecule has 1 fully saturated rings. The van der Waals surface area contributed by atoms with Gasteiger partial charge in [-0.2, -0.15) is 10.2 Å². The SMILES string of the molecule is CC(C)(C)C(=O)N1CC(n2cc(NC(=O)c3occc3-c3cn[nH]c3)c(-c3ccccn3)n2)C1. The molecule has 174 valence electrons. The summed E-state index contributed by atoms with van der Waals surface area (Å²) in [5.41, 5.74) is 2.65. The van der Waals surface area contributed by atoms with Gasteiger partial charge in [-0.1, -0.05) is 26.8 Å². The van der Waals surface area contributed by atoms with Gasteiger partial charge >= 0.3 is 0 Å². The van der Waals surface area contributed by atoms with E-state index in [9.17, 15) is 9.59 Å². The van der Waals surface area contributed by atoms with Crippen molar-refractivity contribution in [3.8, 4) is 22.5 Å². The Bertz CT molecular complexity index is 1310. The van der Waals surface area contributed by atoms with Crippen molar-refractivity contribution in [2.75, 3.05) is 18.4 Å². The molecule has 0 atom stereocenters. The van der Waals surface area contributed by atoms with Gasteiger partial charge in [0.1, 0.15) is 5.69 Å². The molecule has 2 amide bonds. The molecular formula is C24H25N7O3. The third-order valence-electron chi connectivity index (χ3n) is 5.73. The van der Waals surface area contributed by atoms with Crippen LogP contribution in [-0.2, 0) is 4.79 Å². The lowest BCUT2D eigenvalue weighted by molar-refractivity contribution is -0.145. The first-order valence-corrected chi connectivity index (χ1v) is 11.0. The number of nitrogens with zero attached hydrogens (tertiary/aromatic N) is 5. The molecule has 0 saturated carbocycles. The van der Waals surface area contributed by atoms with E-state index >= 15 is 0 Å². The predicted molar refractivity (Wildman–Crippen MR) is 125 cm³/mol. The van der Waals surface area contributed by atoms with Crippen LogP contribution in [0, 0.1) is 5.41 Å². The maximum absolute atomic E-state index is 13.1. The minimum atomic E-state index is -0.428. The molecule has 5 heterocycles. The van der Waals surface area contributed by atoms with Gasteiger partial charge in [-0.15, -0.1) is 0 Å². The van der Waals surface area contributed by atoms with Gasteiger partial charge in [0.25, 0.3) is 5.91 Å². The monoisotopic (exact) mass is 459 g/mol. The van der Waals surface area contributed by atoms with Crippen LogP contribution in [0.25, 0.3) is 22.5 Å². The van der Waals surface area contributed by atoms with E-state index in [0.29, 0.717) is 35.7 Å². The van der Waals surface area contributed by atoms with E-state index in [1.807, 2.05) is 43.9 Å². The van der Waals surface area contributed by atoms with Crippen molar-refractivity contribution in [2.45, 2.75) is 26.8 Å². The van der Waals surface area contributed by atoms with Crippen LogP contribution in [-0.4, -0.2) is 54.8 Å². The molecule has 0 spiro atoms. The highest BCUT2D eigenvalue weighted by atomic mass is 16.3. The zero-order valence-corrected chi connectivity index (χ0v) is 19.1. The molecular weight excluding hydrogens is 434 g/mol. The fourth-order valence-corrected chi connectivity index (χ4v) is 3.91. The Hall–Kier alpha value is -4.21. The summed E-state index contributed by atoms with van der Waals surface area (Å²) in [6, 6.07) is 7.26. The van der Waals surface area contributed by atoms with Crippen molar-refractivity contribution in [1.82, 2.24) is 29.9 Å². The summed E-state index contributed by atoms with van der Waals surface area (Å²) < 4.78 is 7.28. The highest BCUT2D eigenvalue weighted by molar-refractivity contribution is 6.07. The van der Waals surface area contributed by atoms with Gasteiger partial charge in [0.05, 0.1) is 29.9 Å². The van der Waals surface area contributed by atoms with Crippen molar-refractivity contribution in [3.63, 3.8) is 0 Å². The summed E-state index contributed by atoms with van der Waals surface area (Å²) in [4.78, 5) is 31.9. The van der Waals surface area contributed by atoms with Crippen molar-refractivity contribution >= 4 is 17.5 Å². The second-order valence-electron chi connectivity index (χ2n) is 9.30. The van der Waals surface area contributed by atoms with Crippen LogP contribution in [0.5, 0.6) is 0 Å². The number of amides is 2. The zero-order valence-electron chi connectivity index (χ0n) is 19.1. The standard InChI is InChI=1S/C24H25N7O3/c1-24(2,3)23(33)30-12-16(13-30)31-14-19(20(29-31)18-6-4-5-8-25-18)28-22(32)21-17(7-9-34-21)15-10-26-27-11-15/h4-11,14,16H,12-13H2,1-3H3,(H,26,27)(H,28,32). The number of carbonyl (C=O) groups excluding carboxylic acids is 2. The van der Waals surface area contributed by atoms with Crippen LogP contribution >= 0.6 is 0 Å². The molecule has 4 aromatic heterocycles. The van der Waals surface area contributed by atoms with Gasteiger partial charge in [-0.3, -0.25) is 24.4 Å². The quantitative estimate of drug-likeness (QED) is 0.470. The highest BCUT2D eigenvalue weighted by Crippen LogP contribution is 2.32. The van der Waals surface area contributed by atoms with E-state index in [1.165, 1.54) is 6.26 Å². The van der Waals surface area contributed by atoms with Gasteiger partial charge in [0.15, 0.2) is 5.76 Å². The van der Waals surface area contributed by atoms with Crippen LogP contribution in [0.2, 0.25) is 0 Å². The molecule has 1 aliphatic heterocycles. The van der Waals surface area contributed by atoms with Gasteiger partial charge in [-0.05, 0) is 18.2 Å². The molecule has 34 heavy (non-hydrogen) atoms. The number of rotatable bonds is 5. The molecule has 0 aromatic carbocycles. The number of hydrogen-bond donors (Lipinski definition) is 2. The minimum Gasteiger partial charge on any atom is -0.459 e. The number of carbonyl (C=O) groups is 2. The third-order valence-corrected chi connectivity index (χ3v) is 5.73. The average molecular weight is 460 g/mol. The number of hydrogen-bond acceptors (Lipinski definition) is 6. The summed E-state index contributed by atoms with van der Waals surface area (Å²) in [6.45, 7) is 6.87. The number of likely N-dealkylation sites (tertiary alicyclic amines) is 1. The Labute approximate surface area is 196 Å². The number of H-pyrrole nitrogens is 1. The summed E-state index contributed by atoms with van der Waals surface area (Å²) >= 11 is 0. The van der Waals surface area contributed by atoms with E-state index < -0.39 is 11.3 Å². The number of pyridine rings is 1. The predicted octanol–water partition coefficient (Wildman–Crippen LogP) is 3.61. The van der Waals surface area contributed by atoms with Gasteiger partial charge in [0, 0.05) is 48.2 Å². The maximum atomic E-state index is 13.1. The number of aromatic amines is 1. The van der Waals surface area contributed by atoms with Crippen LogP contribution in [0.1, 0.15) is 37.4 Å². The molecule has 0 unspecified atom stereocenters. The minimum absolute atomic E-state index is 0.0181. The lowest BCUT2D eigenvalue weighted by atomic mass is 9.92. The van der Waals surface area contributed by atoms with E-state index in [-0.39, 0.29) is 17.7 Å². The molecule has 10 heteroatoms. The van der Waals surface area contributed by atoms with Crippen molar-refractivity contribution in [2.24, 2.45) is 5.41 Å². The van der Waals surface area contributed by atoms with E-state index in [4.69, 9.17) is 9.52 Å². The second kappa shape index (κ2) is 8.29. The maximum Gasteiger partial charge on any atom is 0.292 e. The average Bonchev–Trinajstić information content (AvgIpc) is 3.53.